The van der Waals surface area contributed by atoms with Crippen molar-refractivity contribution >= 4 is 17.3 Å². The number of nitrogens with zero attached hydrogens (tertiary/aromatic N) is 3. The Hall–Kier alpha value is -1.10. The lowest BCUT2D eigenvalue weighted by Gasteiger charge is -2.23. The van der Waals surface area contributed by atoms with E-state index in [4.69, 9.17) is 4.98 Å². The van der Waals surface area contributed by atoms with Gasteiger partial charge in [-0.1, -0.05) is 34.6 Å². The number of aromatic nitrogens is 1. The second-order valence-corrected chi connectivity index (χ2v) is 8.88. The third-order valence-electron chi connectivity index (χ3n) is 4.13. The Bertz CT molecular complexity index is 525. The Morgan fingerprint density at radius 2 is 2.18 bits per heavy atom. The SMILES string of the molecule is CN=C(NCCc1nc(C(C)(C)C)cs1)N1CCC(C)(C)C1. The minimum Gasteiger partial charge on any atom is -0.356 e. The number of hydrogen-bond acceptors (Lipinski definition) is 3. The van der Waals surface area contributed by atoms with Gasteiger partial charge in [0.25, 0.3) is 0 Å². The third-order valence-corrected chi connectivity index (χ3v) is 5.04. The van der Waals surface area contributed by atoms with Crippen molar-refractivity contribution in [2.75, 3.05) is 26.7 Å². The van der Waals surface area contributed by atoms with Gasteiger partial charge in [0.2, 0.25) is 0 Å². The summed E-state index contributed by atoms with van der Waals surface area (Å²) in [5.74, 6) is 1.03. The van der Waals surface area contributed by atoms with Crippen LogP contribution in [0.3, 0.4) is 0 Å². The number of hydrogen-bond donors (Lipinski definition) is 1. The number of guanidine groups is 1. The molecule has 22 heavy (non-hydrogen) atoms. The molecule has 0 aliphatic carbocycles. The van der Waals surface area contributed by atoms with Crippen LogP contribution in [0.2, 0.25) is 0 Å². The molecule has 0 radical (unpaired) electrons. The van der Waals surface area contributed by atoms with E-state index in [0.29, 0.717) is 5.41 Å². The van der Waals surface area contributed by atoms with Crippen molar-refractivity contribution in [2.24, 2.45) is 10.4 Å². The fraction of sp³-hybridized carbons (Fsp3) is 0.765. The first-order chi connectivity index (χ1) is 10.2. The van der Waals surface area contributed by atoms with Gasteiger partial charge in [-0.05, 0) is 11.8 Å². The molecule has 2 heterocycles. The van der Waals surface area contributed by atoms with E-state index in [9.17, 15) is 0 Å². The fourth-order valence-electron chi connectivity index (χ4n) is 2.68. The lowest BCUT2D eigenvalue weighted by Crippen LogP contribution is -2.41. The molecule has 1 N–H and O–H groups in total. The number of aliphatic imine (C=N–C) groups is 1. The number of thiazole rings is 1. The van der Waals surface area contributed by atoms with Crippen molar-refractivity contribution in [1.29, 1.82) is 0 Å². The summed E-state index contributed by atoms with van der Waals surface area (Å²) < 4.78 is 0. The van der Waals surface area contributed by atoms with E-state index in [2.05, 4.69) is 55.2 Å². The van der Waals surface area contributed by atoms with Gasteiger partial charge in [0.15, 0.2) is 5.96 Å². The molecule has 1 saturated heterocycles. The van der Waals surface area contributed by atoms with Crippen molar-refractivity contribution in [3.63, 3.8) is 0 Å². The zero-order valence-electron chi connectivity index (χ0n) is 14.9. The van der Waals surface area contributed by atoms with E-state index in [0.717, 1.165) is 32.0 Å². The standard InChI is InChI=1S/C17H30N4S/c1-16(2,3)13-11-22-14(20-13)7-9-19-15(18-6)21-10-8-17(4,5)12-21/h11H,7-10,12H2,1-6H3,(H,18,19). The Balaban J connectivity index is 1.84. The van der Waals surface area contributed by atoms with E-state index in [1.54, 1.807) is 11.3 Å². The van der Waals surface area contributed by atoms with Crippen molar-refractivity contribution in [3.8, 4) is 0 Å². The zero-order chi connectivity index (χ0) is 16.4. The first-order valence-corrected chi connectivity index (χ1v) is 9.00. The summed E-state index contributed by atoms with van der Waals surface area (Å²) in [7, 11) is 1.87. The summed E-state index contributed by atoms with van der Waals surface area (Å²) in [6.45, 7) is 14.3. The molecule has 1 aliphatic rings. The molecule has 0 saturated carbocycles. The van der Waals surface area contributed by atoms with E-state index in [-0.39, 0.29) is 5.41 Å². The van der Waals surface area contributed by atoms with Gasteiger partial charge >= 0.3 is 0 Å². The van der Waals surface area contributed by atoms with Crippen LogP contribution >= 0.6 is 11.3 Å². The molecule has 0 spiro atoms. The van der Waals surface area contributed by atoms with Crippen LogP contribution < -0.4 is 5.32 Å². The van der Waals surface area contributed by atoms with Crippen LogP contribution in [-0.2, 0) is 11.8 Å². The highest BCUT2D eigenvalue weighted by Gasteiger charge is 2.30. The van der Waals surface area contributed by atoms with Crippen LogP contribution in [0.4, 0.5) is 0 Å². The maximum atomic E-state index is 4.75. The first kappa shape index (κ1) is 17.3. The number of rotatable bonds is 3. The molecule has 5 heteroatoms. The Morgan fingerprint density at radius 3 is 2.68 bits per heavy atom. The van der Waals surface area contributed by atoms with E-state index >= 15 is 0 Å². The van der Waals surface area contributed by atoms with Gasteiger partial charge in [-0.25, -0.2) is 4.98 Å². The highest BCUT2D eigenvalue weighted by Crippen LogP contribution is 2.28. The summed E-state index contributed by atoms with van der Waals surface area (Å²) in [5, 5.41) is 6.88. The molecule has 1 aromatic heterocycles. The summed E-state index contributed by atoms with van der Waals surface area (Å²) in [4.78, 5) is 11.5. The molecular weight excluding hydrogens is 292 g/mol. The van der Waals surface area contributed by atoms with Gasteiger partial charge in [0.1, 0.15) is 0 Å². The van der Waals surface area contributed by atoms with Crippen molar-refractivity contribution in [1.82, 2.24) is 15.2 Å². The van der Waals surface area contributed by atoms with E-state index in [1.165, 1.54) is 17.1 Å². The van der Waals surface area contributed by atoms with Crippen molar-refractivity contribution < 1.29 is 0 Å². The molecule has 0 amide bonds. The van der Waals surface area contributed by atoms with Crippen molar-refractivity contribution in [2.45, 2.75) is 52.9 Å². The topological polar surface area (TPSA) is 40.5 Å². The first-order valence-electron chi connectivity index (χ1n) is 8.12. The van der Waals surface area contributed by atoms with Gasteiger partial charge in [-0.15, -0.1) is 11.3 Å². The van der Waals surface area contributed by atoms with Crippen LogP contribution in [0.5, 0.6) is 0 Å². The zero-order valence-corrected chi connectivity index (χ0v) is 15.7. The number of nitrogens with one attached hydrogen (secondary N) is 1. The van der Waals surface area contributed by atoms with Crippen LogP contribution in [0.15, 0.2) is 10.4 Å². The molecule has 124 valence electrons. The van der Waals surface area contributed by atoms with Gasteiger partial charge in [-0.2, -0.15) is 0 Å². The molecule has 4 nitrogen and oxygen atoms in total. The summed E-state index contributed by atoms with van der Waals surface area (Å²) >= 11 is 1.76. The maximum absolute atomic E-state index is 4.75. The molecule has 1 aromatic rings. The van der Waals surface area contributed by atoms with Gasteiger partial charge < -0.3 is 10.2 Å². The Labute approximate surface area is 139 Å². The molecule has 0 unspecified atom stereocenters. The molecule has 2 rings (SSSR count). The van der Waals surface area contributed by atoms with Crippen LogP contribution in [0.1, 0.15) is 51.7 Å². The Morgan fingerprint density at radius 1 is 1.45 bits per heavy atom. The average Bonchev–Trinajstić information content (AvgIpc) is 3.01. The van der Waals surface area contributed by atoms with Crippen LogP contribution in [-0.4, -0.2) is 42.5 Å². The number of likely N-dealkylation sites (tertiary alicyclic amines) is 1. The lowest BCUT2D eigenvalue weighted by molar-refractivity contribution is 0.370. The minimum absolute atomic E-state index is 0.138. The third kappa shape index (κ3) is 4.45. The molecule has 0 bridgehead atoms. The summed E-state index contributed by atoms with van der Waals surface area (Å²) in [6.07, 6.45) is 2.19. The van der Waals surface area contributed by atoms with Crippen LogP contribution in [0, 0.1) is 5.41 Å². The summed E-state index contributed by atoms with van der Waals surface area (Å²) in [6, 6.07) is 0. The Kier molecular flexibility index (Phi) is 5.15. The summed E-state index contributed by atoms with van der Waals surface area (Å²) in [5.41, 5.74) is 1.73. The highest BCUT2D eigenvalue weighted by molar-refractivity contribution is 7.09. The van der Waals surface area contributed by atoms with Gasteiger partial charge in [0, 0.05) is 43.9 Å². The maximum Gasteiger partial charge on any atom is 0.193 e. The van der Waals surface area contributed by atoms with Gasteiger partial charge in [0.05, 0.1) is 10.7 Å². The quantitative estimate of drug-likeness (QED) is 0.686. The van der Waals surface area contributed by atoms with Crippen LogP contribution in [0.25, 0.3) is 0 Å². The molecule has 1 aliphatic heterocycles. The molecule has 1 fully saturated rings. The van der Waals surface area contributed by atoms with Gasteiger partial charge in [-0.3, -0.25) is 4.99 Å². The minimum atomic E-state index is 0.138. The predicted octanol–water partition coefficient (Wildman–Crippen LogP) is 3.29. The lowest BCUT2D eigenvalue weighted by atomic mass is 9.93. The molecule has 0 aromatic carbocycles. The normalized spacial score (nSPS) is 18.8. The molecule has 0 atom stereocenters. The van der Waals surface area contributed by atoms with E-state index < -0.39 is 0 Å². The molecular formula is C17H30N4S. The fourth-order valence-corrected chi connectivity index (χ4v) is 3.70. The largest absolute Gasteiger partial charge is 0.356 e. The second-order valence-electron chi connectivity index (χ2n) is 7.94. The highest BCUT2D eigenvalue weighted by atomic mass is 32.1. The second kappa shape index (κ2) is 6.57. The predicted molar refractivity (Wildman–Crippen MR) is 95.9 cm³/mol. The smallest absolute Gasteiger partial charge is 0.193 e. The average molecular weight is 323 g/mol. The monoisotopic (exact) mass is 322 g/mol. The van der Waals surface area contributed by atoms with E-state index in [1.807, 2.05) is 7.05 Å². The van der Waals surface area contributed by atoms with Crippen molar-refractivity contribution in [3.05, 3.63) is 16.1 Å².